The molecule has 3 N–H and O–H groups in total. The second kappa shape index (κ2) is 7.24. The zero-order valence-corrected chi connectivity index (χ0v) is 13.3. The first-order chi connectivity index (χ1) is 10.1. The van der Waals surface area contributed by atoms with Crippen LogP contribution in [-0.2, 0) is 4.79 Å². The van der Waals surface area contributed by atoms with E-state index in [1.54, 1.807) is 6.07 Å². The van der Waals surface area contributed by atoms with Crippen molar-refractivity contribution in [3.05, 3.63) is 58.6 Å². The number of anilines is 1. The molecular weight excluding hydrogens is 332 g/mol. The summed E-state index contributed by atoms with van der Waals surface area (Å²) < 4.78 is 6.50. The van der Waals surface area contributed by atoms with Crippen molar-refractivity contribution in [3.8, 4) is 5.75 Å². The van der Waals surface area contributed by atoms with Crippen LogP contribution in [0.2, 0.25) is 0 Å². The van der Waals surface area contributed by atoms with Crippen molar-refractivity contribution in [1.82, 2.24) is 0 Å². The molecule has 0 radical (unpaired) electrons. The van der Waals surface area contributed by atoms with Crippen LogP contribution in [0.1, 0.15) is 18.5 Å². The molecule has 0 spiro atoms. The summed E-state index contributed by atoms with van der Waals surface area (Å²) in [6, 6.07) is 14.6. The van der Waals surface area contributed by atoms with Crippen molar-refractivity contribution in [2.75, 3.05) is 11.9 Å². The number of nitrogens with one attached hydrogen (secondary N) is 1. The van der Waals surface area contributed by atoms with E-state index in [1.165, 1.54) is 0 Å². The van der Waals surface area contributed by atoms with Crippen molar-refractivity contribution in [1.29, 1.82) is 0 Å². The fourth-order valence-corrected chi connectivity index (χ4v) is 2.25. The Morgan fingerprint density at radius 3 is 2.67 bits per heavy atom. The normalized spacial score (nSPS) is 11.8. The van der Waals surface area contributed by atoms with E-state index in [1.807, 2.05) is 49.4 Å². The smallest absolute Gasteiger partial charge is 0.262 e. The number of carbonyl (C=O) groups excluding carboxylic acids is 1. The molecule has 0 heterocycles. The SMILES string of the molecule is C[C@H](N)c1cc(Br)ccc1OCC(=O)Nc1ccccc1. The minimum Gasteiger partial charge on any atom is -0.483 e. The number of carbonyl (C=O) groups is 1. The summed E-state index contributed by atoms with van der Waals surface area (Å²) in [5.74, 6) is 0.413. The molecule has 0 aliphatic rings. The van der Waals surface area contributed by atoms with Gasteiger partial charge in [-0.05, 0) is 37.3 Å². The second-order valence-corrected chi connectivity index (χ2v) is 5.59. The quantitative estimate of drug-likeness (QED) is 0.869. The topological polar surface area (TPSA) is 64.3 Å². The third kappa shape index (κ3) is 4.58. The van der Waals surface area contributed by atoms with Gasteiger partial charge in [0.1, 0.15) is 5.75 Å². The zero-order valence-electron chi connectivity index (χ0n) is 11.7. The number of hydrogen-bond acceptors (Lipinski definition) is 3. The van der Waals surface area contributed by atoms with Crippen LogP contribution in [0.15, 0.2) is 53.0 Å². The van der Waals surface area contributed by atoms with Gasteiger partial charge >= 0.3 is 0 Å². The minimum absolute atomic E-state index is 0.0593. The lowest BCUT2D eigenvalue weighted by Crippen LogP contribution is -2.21. The van der Waals surface area contributed by atoms with Crippen molar-refractivity contribution in [2.24, 2.45) is 5.73 Å². The Kier molecular flexibility index (Phi) is 5.36. The Labute approximate surface area is 132 Å². The van der Waals surface area contributed by atoms with Crippen LogP contribution >= 0.6 is 15.9 Å². The van der Waals surface area contributed by atoms with Gasteiger partial charge in [0, 0.05) is 21.8 Å². The summed E-state index contributed by atoms with van der Waals surface area (Å²) in [7, 11) is 0. The molecule has 0 saturated heterocycles. The highest BCUT2D eigenvalue weighted by atomic mass is 79.9. The minimum atomic E-state index is -0.209. The number of halogens is 1. The maximum absolute atomic E-state index is 11.9. The standard InChI is InChI=1S/C16H17BrN2O2/c1-11(18)14-9-12(17)7-8-15(14)21-10-16(20)19-13-5-3-2-4-6-13/h2-9,11H,10,18H2,1H3,(H,19,20)/t11-/m0/s1. The molecule has 0 aliphatic carbocycles. The van der Waals surface area contributed by atoms with Crippen LogP contribution in [0.5, 0.6) is 5.75 Å². The maximum Gasteiger partial charge on any atom is 0.262 e. The molecule has 2 rings (SSSR count). The molecule has 2 aromatic carbocycles. The molecule has 0 saturated carbocycles. The monoisotopic (exact) mass is 348 g/mol. The molecular formula is C16H17BrN2O2. The van der Waals surface area contributed by atoms with Gasteiger partial charge in [-0.25, -0.2) is 0 Å². The number of hydrogen-bond donors (Lipinski definition) is 2. The van der Waals surface area contributed by atoms with Gasteiger partial charge < -0.3 is 15.8 Å². The molecule has 1 amide bonds. The highest BCUT2D eigenvalue weighted by Gasteiger charge is 2.11. The summed E-state index contributed by atoms with van der Waals surface area (Å²) in [5.41, 5.74) is 7.51. The first-order valence-corrected chi connectivity index (χ1v) is 7.38. The van der Waals surface area contributed by atoms with Gasteiger partial charge in [0.15, 0.2) is 6.61 Å². The fourth-order valence-electron chi connectivity index (χ4n) is 1.87. The van der Waals surface area contributed by atoms with Gasteiger partial charge in [-0.15, -0.1) is 0 Å². The number of para-hydroxylation sites is 1. The van der Waals surface area contributed by atoms with E-state index in [4.69, 9.17) is 10.5 Å². The molecule has 0 aromatic heterocycles. The molecule has 21 heavy (non-hydrogen) atoms. The van der Waals surface area contributed by atoms with E-state index < -0.39 is 0 Å². The molecule has 0 bridgehead atoms. The predicted molar refractivity (Wildman–Crippen MR) is 87.3 cm³/mol. The number of rotatable bonds is 5. The fraction of sp³-hybridized carbons (Fsp3) is 0.188. The number of nitrogens with two attached hydrogens (primary N) is 1. The largest absolute Gasteiger partial charge is 0.483 e. The zero-order chi connectivity index (χ0) is 15.2. The highest BCUT2D eigenvalue weighted by Crippen LogP contribution is 2.27. The molecule has 2 aromatic rings. The molecule has 5 heteroatoms. The summed E-state index contributed by atoms with van der Waals surface area (Å²) in [6.45, 7) is 1.81. The van der Waals surface area contributed by atoms with E-state index in [-0.39, 0.29) is 18.6 Å². The number of amides is 1. The van der Waals surface area contributed by atoms with Gasteiger partial charge in [-0.1, -0.05) is 34.1 Å². The predicted octanol–water partition coefficient (Wildman–Crippen LogP) is 3.49. The summed E-state index contributed by atoms with van der Waals surface area (Å²) in [4.78, 5) is 11.9. The van der Waals surface area contributed by atoms with Crippen molar-refractivity contribution >= 4 is 27.5 Å². The van der Waals surface area contributed by atoms with Crippen LogP contribution in [0, 0.1) is 0 Å². The van der Waals surface area contributed by atoms with Gasteiger partial charge in [0.05, 0.1) is 0 Å². The van der Waals surface area contributed by atoms with E-state index in [2.05, 4.69) is 21.2 Å². The van der Waals surface area contributed by atoms with Crippen LogP contribution in [0.25, 0.3) is 0 Å². The lowest BCUT2D eigenvalue weighted by atomic mass is 10.1. The van der Waals surface area contributed by atoms with Crippen LogP contribution < -0.4 is 15.8 Å². The molecule has 0 unspecified atom stereocenters. The number of benzene rings is 2. The Morgan fingerprint density at radius 2 is 2.00 bits per heavy atom. The lowest BCUT2D eigenvalue weighted by Gasteiger charge is -2.14. The van der Waals surface area contributed by atoms with Gasteiger partial charge in [0.25, 0.3) is 5.91 Å². The Bertz CT molecular complexity index is 615. The average molecular weight is 349 g/mol. The second-order valence-electron chi connectivity index (χ2n) is 4.67. The van der Waals surface area contributed by atoms with E-state index >= 15 is 0 Å². The molecule has 110 valence electrons. The maximum atomic E-state index is 11.9. The first-order valence-electron chi connectivity index (χ1n) is 6.59. The molecule has 0 fully saturated rings. The lowest BCUT2D eigenvalue weighted by molar-refractivity contribution is -0.118. The molecule has 0 aliphatic heterocycles. The summed E-state index contributed by atoms with van der Waals surface area (Å²) in [5, 5.41) is 2.77. The highest BCUT2D eigenvalue weighted by molar-refractivity contribution is 9.10. The molecule has 1 atom stereocenters. The summed E-state index contributed by atoms with van der Waals surface area (Å²) >= 11 is 3.40. The van der Waals surface area contributed by atoms with E-state index in [0.29, 0.717) is 5.75 Å². The summed E-state index contributed by atoms with van der Waals surface area (Å²) in [6.07, 6.45) is 0. The Morgan fingerprint density at radius 1 is 1.29 bits per heavy atom. The third-order valence-corrected chi connectivity index (χ3v) is 3.37. The molecule has 4 nitrogen and oxygen atoms in total. The Hall–Kier alpha value is -1.85. The third-order valence-electron chi connectivity index (χ3n) is 2.88. The van der Waals surface area contributed by atoms with Crippen LogP contribution in [0.4, 0.5) is 5.69 Å². The van der Waals surface area contributed by atoms with Gasteiger partial charge in [0.2, 0.25) is 0 Å². The van der Waals surface area contributed by atoms with E-state index in [0.717, 1.165) is 15.7 Å². The van der Waals surface area contributed by atoms with Gasteiger partial charge in [-0.2, -0.15) is 0 Å². The van der Waals surface area contributed by atoms with Crippen molar-refractivity contribution in [3.63, 3.8) is 0 Å². The van der Waals surface area contributed by atoms with E-state index in [9.17, 15) is 4.79 Å². The number of ether oxygens (including phenoxy) is 1. The Balaban J connectivity index is 1.98. The first kappa shape index (κ1) is 15.5. The van der Waals surface area contributed by atoms with Crippen LogP contribution in [-0.4, -0.2) is 12.5 Å². The van der Waals surface area contributed by atoms with Crippen molar-refractivity contribution in [2.45, 2.75) is 13.0 Å². The van der Waals surface area contributed by atoms with Crippen LogP contribution in [0.3, 0.4) is 0 Å². The average Bonchev–Trinajstić information content (AvgIpc) is 2.47. The van der Waals surface area contributed by atoms with Gasteiger partial charge in [-0.3, -0.25) is 4.79 Å². The van der Waals surface area contributed by atoms with Crippen molar-refractivity contribution < 1.29 is 9.53 Å².